The molecule has 0 aliphatic carbocycles. The molecule has 25 heavy (non-hydrogen) atoms. The van der Waals surface area contributed by atoms with Crippen molar-refractivity contribution in [3.63, 3.8) is 0 Å². The summed E-state index contributed by atoms with van der Waals surface area (Å²) in [6, 6.07) is 2.94. The zero-order valence-electron chi connectivity index (χ0n) is 13.3. The van der Waals surface area contributed by atoms with Crippen LogP contribution in [0.3, 0.4) is 0 Å². The van der Waals surface area contributed by atoms with Gasteiger partial charge < -0.3 is 10.3 Å². The lowest BCUT2D eigenvalue weighted by molar-refractivity contribution is -0.119. The first-order valence-corrected chi connectivity index (χ1v) is 7.75. The number of H-pyrrole nitrogens is 2. The summed E-state index contributed by atoms with van der Waals surface area (Å²) in [5.74, 6) is 0.584. The molecule has 0 radical (unpaired) electrons. The Morgan fingerprint density at radius 2 is 2.00 bits per heavy atom. The molecule has 0 aliphatic rings. The molecule has 0 unspecified atom stereocenters. The molecular formula is C14H14Cl2N6O3. The molecular weight excluding hydrogens is 371 g/mol. The van der Waals surface area contributed by atoms with Crippen molar-refractivity contribution in [2.75, 3.05) is 0 Å². The Morgan fingerprint density at radius 3 is 2.64 bits per heavy atom. The highest BCUT2D eigenvalue weighted by atomic mass is 35.5. The molecule has 0 aliphatic heterocycles. The van der Waals surface area contributed by atoms with Crippen LogP contribution in [-0.4, -0.2) is 30.2 Å². The predicted molar refractivity (Wildman–Crippen MR) is 92.9 cm³/mol. The molecule has 1 amide bonds. The Morgan fingerprint density at radius 1 is 1.28 bits per heavy atom. The van der Waals surface area contributed by atoms with E-state index in [4.69, 9.17) is 23.2 Å². The van der Waals surface area contributed by atoms with Crippen LogP contribution < -0.4 is 16.6 Å². The number of hydrogen-bond donors (Lipinski definition) is 3. The number of halogens is 2. The van der Waals surface area contributed by atoms with Crippen LogP contribution in [0.15, 0.2) is 27.9 Å². The van der Waals surface area contributed by atoms with Crippen LogP contribution in [0.25, 0.3) is 5.52 Å². The molecule has 9 nitrogen and oxygen atoms in total. The second-order valence-electron chi connectivity index (χ2n) is 4.94. The number of nitrogens with zero attached hydrogens (tertiary/aromatic N) is 3. The molecule has 3 rings (SSSR count). The van der Waals surface area contributed by atoms with Crippen molar-refractivity contribution in [3.05, 3.63) is 61.1 Å². The molecule has 0 bridgehead atoms. The summed E-state index contributed by atoms with van der Waals surface area (Å²) < 4.78 is 1.73. The molecule has 3 N–H and O–H groups in total. The quantitative estimate of drug-likeness (QED) is 0.449. The van der Waals surface area contributed by atoms with Crippen molar-refractivity contribution in [1.29, 1.82) is 0 Å². The molecule has 0 spiro atoms. The van der Waals surface area contributed by atoms with Crippen molar-refractivity contribution in [2.45, 2.75) is 20.4 Å². The Labute approximate surface area is 151 Å². The monoisotopic (exact) mass is 384 g/mol. The molecule has 3 heterocycles. The first-order chi connectivity index (χ1) is 11.8. The standard InChI is InChI=1S/C7H5Cl2N3.C7H9N3O3/c1-4-10-3-5-2-6(8)11-7(9)12(4)5;1-4(11)8-3-5-2-6(12)10-7(13)9-5/h2-3H,1H3;2H,3H2,1H3,(H,8,11)(H2,9,10,12,13). The maximum Gasteiger partial charge on any atom is 0.325 e. The molecule has 0 atom stereocenters. The van der Waals surface area contributed by atoms with Gasteiger partial charge in [-0.1, -0.05) is 11.6 Å². The predicted octanol–water partition coefficient (Wildman–Crippen LogP) is 1.04. The van der Waals surface area contributed by atoms with E-state index < -0.39 is 11.2 Å². The number of carbonyl (C=O) groups is 1. The van der Waals surface area contributed by atoms with Gasteiger partial charge in [0, 0.05) is 24.8 Å². The third-order valence-corrected chi connectivity index (χ3v) is 3.41. The van der Waals surface area contributed by atoms with Gasteiger partial charge in [-0.15, -0.1) is 0 Å². The van der Waals surface area contributed by atoms with E-state index in [1.807, 2.05) is 11.9 Å². The van der Waals surface area contributed by atoms with Crippen LogP contribution in [0.2, 0.25) is 10.4 Å². The van der Waals surface area contributed by atoms with Gasteiger partial charge in [0.15, 0.2) is 0 Å². The van der Waals surface area contributed by atoms with E-state index in [-0.39, 0.29) is 12.5 Å². The number of aromatic nitrogens is 5. The molecule has 0 saturated heterocycles. The number of fused-ring (bicyclic) bond motifs is 1. The first-order valence-electron chi connectivity index (χ1n) is 6.99. The van der Waals surface area contributed by atoms with Crippen molar-refractivity contribution in [3.8, 4) is 0 Å². The van der Waals surface area contributed by atoms with E-state index in [0.29, 0.717) is 16.1 Å². The Hall–Kier alpha value is -2.65. The number of rotatable bonds is 2. The number of hydrogen-bond acceptors (Lipinski definition) is 5. The maximum absolute atomic E-state index is 10.8. The average Bonchev–Trinajstić information content (AvgIpc) is 2.86. The Balaban J connectivity index is 0.000000181. The van der Waals surface area contributed by atoms with Crippen LogP contribution in [0.4, 0.5) is 0 Å². The highest BCUT2D eigenvalue weighted by Gasteiger charge is 2.04. The Kier molecular flexibility index (Phi) is 5.94. The summed E-state index contributed by atoms with van der Waals surface area (Å²) in [5, 5.41) is 3.18. The van der Waals surface area contributed by atoms with E-state index in [2.05, 4.69) is 20.3 Å². The normalized spacial score (nSPS) is 10.2. The van der Waals surface area contributed by atoms with Gasteiger partial charge in [-0.05, 0) is 18.5 Å². The van der Waals surface area contributed by atoms with Crippen LogP contribution in [0, 0.1) is 6.92 Å². The summed E-state index contributed by atoms with van der Waals surface area (Å²) in [4.78, 5) is 44.4. The topological polar surface area (TPSA) is 125 Å². The number of carbonyl (C=O) groups excluding carboxylic acids is 1. The molecule has 132 valence electrons. The van der Waals surface area contributed by atoms with Gasteiger partial charge in [-0.25, -0.2) is 14.8 Å². The molecule has 0 aromatic carbocycles. The fraction of sp³-hybridized carbons (Fsp3) is 0.214. The van der Waals surface area contributed by atoms with Gasteiger partial charge >= 0.3 is 5.69 Å². The van der Waals surface area contributed by atoms with Crippen LogP contribution in [0.1, 0.15) is 18.4 Å². The minimum absolute atomic E-state index is 0.147. The number of nitrogens with one attached hydrogen (secondary N) is 3. The molecule has 0 saturated carbocycles. The summed E-state index contributed by atoms with van der Waals surface area (Å²) in [6.45, 7) is 3.36. The Bertz CT molecular complexity index is 995. The zero-order chi connectivity index (χ0) is 18.6. The second-order valence-corrected chi connectivity index (χ2v) is 5.66. The van der Waals surface area contributed by atoms with Crippen LogP contribution in [-0.2, 0) is 11.3 Å². The minimum atomic E-state index is -0.576. The largest absolute Gasteiger partial charge is 0.351 e. The number of amides is 1. The first kappa shape index (κ1) is 18.7. The highest BCUT2D eigenvalue weighted by molar-refractivity contribution is 6.32. The molecule has 3 aromatic heterocycles. The van der Waals surface area contributed by atoms with Gasteiger partial charge in [-0.2, -0.15) is 0 Å². The van der Waals surface area contributed by atoms with E-state index >= 15 is 0 Å². The number of aromatic amines is 2. The van der Waals surface area contributed by atoms with Gasteiger partial charge in [0.05, 0.1) is 18.3 Å². The van der Waals surface area contributed by atoms with Crippen molar-refractivity contribution in [2.24, 2.45) is 0 Å². The summed E-state index contributed by atoms with van der Waals surface area (Å²) in [7, 11) is 0. The molecule has 0 fully saturated rings. The second kappa shape index (κ2) is 7.95. The fourth-order valence-corrected chi connectivity index (χ4v) is 2.48. The van der Waals surface area contributed by atoms with Crippen LogP contribution in [0.5, 0.6) is 0 Å². The van der Waals surface area contributed by atoms with E-state index in [1.54, 1.807) is 16.7 Å². The van der Waals surface area contributed by atoms with E-state index in [9.17, 15) is 14.4 Å². The molecule has 11 heteroatoms. The fourth-order valence-electron chi connectivity index (χ4n) is 1.93. The van der Waals surface area contributed by atoms with E-state index in [1.165, 1.54) is 13.0 Å². The van der Waals surface area contributed by atoms with Gasteiger partial charge in [0.1, 0.15) is 11.0 Å². The zero-order valence-corrected chi connectivity index (χ0v) is 14.8. The van der Waals surface area contributed by atoms with E-state index in [0.717, 1.165) is 11.3 Å². The van der Waals surface area contributed by atoms with Crippen molar-refractivity contribution in [1.82, 2.24) is 29.7 Å². The van der Waals surface area contributed by atoms with Crippen LogP contribution >= 0.6 is 23.2 Å². The smallest absolute Gasteiger partial charge is 0.325 e. The third kappa shape index (κ3) is 5.16. The summed E-state index contributed by atoms with van der Waals surface area (Å²) in [5.41, 5.74) is 0.179. The summed E-state index contributed by atoms with van der Waals surface area (Å²) in [6.07, 6.45) is 1.70. The van der Waals surface area contributed by atoms with Crippen molar-refractivity contribution >= 4 is 34.6 Å². The van der Waals surface area contributed by atoms with Gasteiger partial charge in [0.2, 0.25) is 11.2 Å². The number of aryl methyl sites for hydroxylation is 1. The van der Waals surface area contributed by atoms with Gasteiger partial charge in [0.25, 0.3) is 5.56 Å². The lowest BCUT2D eigenvalue weighted by Gasteiger charge is -1.99. The third-order valence-electron chi connectivity index (χ3n) is 2.96. The SMILES string of the molecule is CC(=O)NCc1cc(=O)[nH]c(=O)[nH]1.Cc1ncc2cc(Cl)nc(Cl)n12. The lowest BCUT2D eigenvalue weighted by atomic mass is 10.4. The minimum Gasteiger partial charge on any atom is -0.351 e. The molecule has 3 aromatic rings. The summed E-state index contributed by atoms with van der Waals surface area (Å²) >= 11 is 11.5. The lowest BCUT2D eigenvalue weighted by Crippen LogP contribution is -2.27. The average molecular weight is 385 g/mol. The number of imidazole rings is 1. The van der Waals surface area contributed by atoms with Crippen molar-refractivity contribution < 1.29 is 4.79 Å². The van der Waals surface area contributed by atoms with Gasteiger partial charge in [-0.3, -0.25) is 19.0 Å². The highest BCUT2D eigenvalue weighted by Crippen LogP contribution is 2.17. The maximum atomic E-state index is 10.8.